The molecule has 126 valence electrons. The third kappa shape index (κ3) is 4.95. The van der Waals surface area contributed by atoms with Crippen LogP contribution in [0.15, 0.2) is 70.9 Å². The van der Waals surface area contributed by atoms with Crippen LogP contribution in [-0.2, 0) is 0 Å². The molecule has 25 heavy (non-hydrogen) atoms. The van der Waals surface area contributed by atoms with Crippen LogP contribution >= 0.6 is 34.7 Å². The largest absolute Gasteiger partial charge is 0.322 e. The van der Waals surface area contributed by atoms with Crippen molar-refractivity contribution in [3.63, 3.8) is 0 Å². The number of carbonyl (C=O) groups is 2. The zero-order chi connectivity index (χ0) is 17.6. The molecule has 1 heterocycles. The van der Waals surface area contributed by atoms with Crippen LogP contribution in [0, 0.1) is 0 Å². The molecule has 0 unspecified atom stereocenters. The van der Waals surface area contributed by atoms with Crippen molar-refractivity contribution in [2.75, 3.05) is 11.1 Å². The van der Waals surface area contributed by atoms with Gasteiger partial charge in [-0.05, 0) is 47.8 Å². The molecule has 1 aromatic heterocycles. The number of hydrogen-bond acceptors (Lipinski definition) is 4. The van der Waals surface area contributed by atoms with Gasteiger partial charge in [-0.25, -0.2) is 0 Å². The summed E-state index contributed by atoms with van der Waals surface area (Å²) in [6, 6.07) is 17.9. The maximum Gasteiger partial charge on any atom is 0.255 e. The fourth-order valence-corrected chi connectivity index (χ4v) is 3.94. The molecule has 6 heteroatoms. The first-order chi connectivity index (χ1) is 12.1. The molecule has 3 nitrogen and oxygen atoms in total. The van der Waals surface area contributed by atoms with Gasteiger partial charge in [0.15, 0.2) is 5.78 Å². The Morgan fingerprint density at radius 1 is 1.04 bits per heavy atom. The van der Waals surface area contributed by atoms with Crippen LogP contribution in [0.5, 0.6) is 0 Å². The van der Waals surface area contributed by atoms with E-state index in [1.54, 1.807) is 24.3 Å². The Morgan fingerprint density at radius 3 is 2.64 bits per heavy atom. The summed E-state index contributed by atoms with van der Waals surface area (Å²) in [5.74, 6) is 0.249. The fraction of sp³-hybridized carbons (Fsp3) is 0.0526. The van der Waals surface area contributed by atoms with Crippen molar-refractivity contribution in [1.82, 2.24) is 0 Å². The van der Waals surface area contributed by atoms with Crippen LogP contribution in [0.3, 0.4) is 0 Å². The number of benzene rings is 2. The van der Waals surface area contributed by atoms with E-state index in [4.69, 9.17) is 11.6 Å². The molecule has 3 rings (SSSR count). The maximum atomic E-state index is 12.3. The number of carbonyl (C=O) groups excluding carboxylic acids is 2. The summed E-state index contributed by atoms with van der Waals surface area (Å²) in [5, 5.41) is 5.26. The first kappa shape index (κ1) is 17.7. The third-order valence-corrected chi connectivity index (χ3v) is 5.48. The summed E-state index contributed by atoms with van der Waals surface area (Å²) in [6.07, 6.45) is 0. The Labute approximate surface area is 159 Å². The van der Waals surface area contributed by atoms with Gasteiger partial charge in [0.2, 0.25) is 0 Å². The quantitative estimate of drug-likeness (QED) is 0.440. The highest BCUT2D eigenvalue weighted by atomic mass is 35.5. The second-order valence-electron chi connectivity index (χ2n) is 5.18. The van der Waals surface area contributed by atoms with Crippen molar-refractivity contribution in [3.05, 3.63) is 81.5 Å². The van der Waals surface area contributed by atoms with Crippen molar-refractivity contribution in [3.8, 4) is 0 Å². The minimum Gasteiger partial charge on any atom is -0.322 e. The van der Waals surface area contributed by atoms with E-state index in [1.807, 2.05) is 41.8 Å². The van der Waals surface area contributed by atoms with Gasteiger partial charge in [-0.2, -0.15) is 0 Å². The van der Waals surface area contributed by atoms with Crippen LogP contribution < -0.4 is 5.32 Å². The van der Waals surface area contributed by atoms with Gasteiger partial charge in [0, 0.05) is 21.2 Å². The molecule has 0 spiro atoms. The number of halogens is 1. The first-order valence-corrected chi connectivity index (χ1v) is 9.72. The molecule has 1 amide bonds. The summed E-state index contributed by atoms with van der Waals surface area (Å²) in [4.78, 5) is 26.0. The average molecular weight is 388 g/mol. The lowest BCUT2D eigenvalue weighted by atomic mass is 10.2. The van der Waals surface area contributed by atoms with Crippen molar-refractivity contribution < 1.29 is 9.59 Å². The van der Waals surface area contributed by atoms with Gasteiger partial charge in [0.25, 0.3) is 5.91 Å². The van der Waals surface area contributed by atoms with E-state index >= 15 is 0 Å². The normalized spacial score (nSPS) is 10.4. The smallest absolute Gasteiger partial charge is 0.255 e. The minimum absolute atomic E-state index is 0.105. The molecule has 0 bridgehead atoms. The molecule has 0 aliphatic heterocycles. The van der Waals surface area contributed by atoms with Crippen LogP contribution in [0.2, 0.25) is 5.02 Å². The average Bonchev–Trinajstić information content (AvgIpc) is 3.15. The minimum atomic E-state index is -0.223. The summed E-state index contributed by atoms with van der Waals surface area (Å²) < 4.78 is 0. The van der Waals surface area contributed by atoms with E-state index < -0.39 is 0 Å². The highest BCUT2D eigenvalue weighted by Gasteiger charge is 2.09. The monoisotopic (exact) mass is 387 g/mol. The Kier molecular flexibility index (Phi) is 5.91. The predicted molar refractivity (Wildman–Crippen MR) is 105 cm³/mol. The van der Waals surface area contributed by atoms with Crippen LogP contribution in [0.4, 0.5) is 5.69 Å². The van der Waals surface area contributed by atoms with Crippen molar-refractivity contribution in [2.24, 2.45) is 0 Å². The van der Waals surface area contributed by atoms with Crippen molar-refractivity contribution >= 4 is 52.1 Å². The highest BCUT2D eigenvalue weighted by molar-refractivity contribution is 8.00. The van der Waals surface area contributed by atoms with Crippen molar-refractivity contribution in [2.45, 2.75) is 4.90 Å². The molecule has 0 fully saturated rings. The SMILES string of the molecule is O=C(Nc1cccc(SCC(=O)c2cccs2)c1)c1cccc(Cl)c1. The fourth-order valence-electron chi connectivity index (χ4n) is 2.15. The molecule has 2 aromatic carbocycles. The zero-order valence-electron chi connectivity index (χ0n) is 13.1. The number of hydrogen-bond donors (Lipinski definition) is 1. The molecule has 0 atom stereocenters. The van der Waals surface area contributed by atoms with E-state index in [2.05, 4.69) is 5.32 Å². The second-order valence-corrected chi connectivity index (χ2v) is 7.61. The highest BCUT2D eigenvalue weighted by Crippen LogP contribution is 2.24. The zero-order valence-corrected chi connectivity index (χ0v) is 15.5. The van der Waals surface area contributed by atoms with Gasteiger partial charge in [-0.15, -0.1) is 23.1 Å². The number of anilines is 1. The Hall–Kier alpha value is -2.08. The second kappa shape index (κ2) is 8.34. The molecule has 1 N–H and O–H groups in total. The maximum absolute atomic E-state index is 12.3. The van der Waals surface area contributed by atoms with E-state index in [1.165, 1.54) is 23.1 Å². The number of thiophene rings is 1. The van der Waals surface area contributed by atoms with Gasteiger partial charge < -0.3 is 5.32 Å². The van der Waals surface area contributed by atoms with E-state index in [9.17, 15) is 9.59 Å². The predicted octanol–water partition coefficient (Wildman–Crippen LogP) is 5.63. The Morgan fingerprint density at radius 2 is 1.88 bits per heavy atom. The van der Waals surface area contributed by atoms with E-state index in [0.29, 0.717) is 22.0 Å². The Balaban J connectivity index is 1.63. The number of rotatable bonds is 6. The molecule has 3 aromatic rings. The van der Waals surface area contributed by atoms with Gasteiger partial charge >= 0.3 is 0 Å². The number of amides is 1. The summed E-state index contributed by atoms with van der Waals surface area (Å²) in [6.45, 7) is 0. The van der Waals surface area contributed by atoms with Gasteiger partial charge in [0.1, 0.15) is 0 Å². The molecule has 0 saturated heterocycles. The number of nitrogens with one attached hydrogen (secondary N) is 1. The molecule has 0 aliphatic rings. The van der Waals surface area contributed by atoms with Crippen molar-refractivity contribution in [1.29, 1.82) is 0 Å². The number of Topliss-reactive ketones (excluding diaryl/α,β-unsaturated/α-hetero) is 1. The standard InChI is InChI=1S/C19H14ClNO2S2/c20-14-5-1-4-13(10-14)19(23)21-15-6-2-7-16(11-15)25-12-17(22)18-8-3-9-24-18/h1-11H,12H2,(H,21,23). The summed E-state index contributed by atoms with van der Waals surface area (Å²) in [5.41, 5.74) is 1.18. The summed E-state index contributed by atoms with van der Waals surface area (Å²) in [7, 11) is 0. The van der Waals surface area contributed by atoms with Crippen LogP contribution in [-0.4, -0.2) is 17.4 Å². The topological polar surface area (TPSA) is 46.2 Å². The third-order valence-electron chi connectivity index (χ3n) is 3.34. The molecule has 0 aliphatic carbocycles. The van der Waals surface area contributed by atoms with Crippen LogP contribution in [0.25, 0.3) is 0 Å². The molecule has 0 saturated carbocycles. The number of thioether (sulfide) groups is 1. The van der Waals surface area contributed by atoms with Crippen LogP contribution in [0.1, 0.15) is 20.0 Å². The van der Waals surface area contributed by atoms with E-state index in [-0.39, 0.29) is 11.7 Å². The lowest BCUT2D eigenvalue weighted by Crippen LogP contribution is -2.11. The molecular formula is C19H14ClNO2S2. The lowest BCUT2D eigenvalue weighted by molar-refractivity contribution is 0.101. The first-order valence-electron chi connectivity index (χ1n) is 7.48. The van der Waals surface area contributed by atoms with Gasteiger partial charge in [0.05, 0.1) is 10.6 Å². The summed E-state index contributed by atoms with van der Waals surface area (Å²) >= 11 is 8.81. The lowest BCUT2D eigenvalue weighted by Gasteiger charge is -2.07. The van der Waals surface area contributed by atoms with E-state index in [0.717, 1.165) is 9.77 Å². The van der Waals surface area contributed by atoms with Gasteiger partial charge in [-0.1, -0.05) is 29.8 Å². The molecular weight excluding hydrogens is 374 g/mol. The Bertz CT molecular complexity index is 894. The molecule has 0 radical (unpaired) electrons. The number of ketones is 1. The van der Waals surface area contributed by atoms with Gasteiger partial charge in [-0.3, -0.25) is 9.59 Å².